The molecule has 0 amide bonds. The molecule has 2 nitrogen and oxygen atoms in total. The zero-order chi connectivity index (χ0) is 14.4. The van der Waals surface area contributed by atoms with E-state index in [9.17, 15) is 13.2 Å². The Hall–Kier alpha value is -1.23. The van der Waals surface area contributed by atoms with Crippen LogP contribution in [-0.4, -0.2) is 18.9 Å². The summed E-state index contributed by atoms with van der Waals surface area (Å²) in [5.74, 6) is -0.158. The van der Waals surface area contributed by atoms with Gasteiger partial charge in [0.05, 0.1) is 0 Å². The van der Waals surface area contributed by atoms with Crippen molar-refractivity contribution in [2.75, 3.05) is 6.54 Å². The maximum absolute atomic E-state index is 12.0. The predicted octanol–water partition coefficient (Wildman–Crippen LogP) is 4.05. The molecule has 1 aliphatic rings. The average molecular weight is 287 g/mol. The van der Waals surface area contributed by atoms with Crippen molar-refractivity contribution in [1.29, 1.82) is 0 Å². The zero-order valence-electron chi connectivity index (χ0n) is 11.4. The number of ether oxygens (including phenoxy) is 1. The van der Waals surface area contributed by atoms with Crippen LogP contribution in [0.4, 0.5) is 13.2 Å². The number of benzene rings is 1. The summed E-state index contributed by atoms with van der Waals surface area (Å²) in [6.07, 6.45) is 2.26. The van der Waals surface area contributed by atoms with Crippen LogP contribution in [0.3, 0.4) is 0 Å². The Morgan fingerprint density at radius 2 is 1.85 bits per heavy atom. The lowest BCUT2D eigenvalue weighted by Gasteiger charge is -2.15. The lowest BCUT2D eigenvalue weighted by Crippen LogP contribution is -2.28. The lowest BCUT2D eigenvalue weighted by molar-refractivity contribution is -0.274. The van der Waals surface area contributed by atoms with Crippen LogP contribution in [0, 0.1) is 0 Å². The second-order valence-corrected chi connectivity index (χ2v) is 5.23. The Balaban J connectivity index is 1.81. The van der Waals surface area contributed by atoms with Gasteiger partial charge in [0.2, 0.25) is 0 Å². The van der Waals surface area contributed by atoms with Crippen molar-refractivity contribution in [2.45, 2.75) is 50.9 Å². The van der Waals surface area contributed by atoms with Crippen molar-refractivity contribution in [3.05, 3.63) is 29.8 Å². The molecule has 0 spiro atoms. The highest BCUT2D eigenvalue weighted by Gasteiger charge is 2.30. The fourth-order valence-corrected chi connectivity index (χ4v) is 2.55. The van der Waals surface area contributed by atoms with Crippen molar-refractivity contribution >= 4 is 0 Å². The minimum absolute atomic E-state index is 0.158. The Kier molecular flexibility index (Phi) is 5.29. The number of alkyl halides is 3. The first kappa shape index (κ1) is 15.2. The summed E-state index contributed by atoms with van der Waals surface area (Å²) in [5, 5.41) is 3.52. The van der Waals surface area contributed by atoms with Gasteiger partial charge < -0.3 is 10.1 Å². The van der Waals surface area contributed by atoms with Gasteiger partial charge in [-0.1, -0.05) is 25.0 Å². The maximum Gasteiger partial charge on any atom is 0.573 e. The first-order chi connectivity index (χ1) is 9.53. The molecule has 1 saturated heterocycles. The Bertz CT molecular complexity index is 395. The highest BCUT2D eigenvalue weighted by atomic mass is 19.4. The molecule has 1 fully saturated rings. The van der Waals surface area contributed by atoms with Gasteiger partial charge in [-0.15, -0.1) is 13.2 Å². The van der Waals surface area contributed by atoms with E-state index in [4.69, 9.17) is 0 Å². The molecular formula is C15H20F3NO. The molecule has 5 heteroatoms. The predicted molar refractivity (Wildman–Crippen MR) is 71.7 cm³/mol. The Morgan fingerprint density at radius 3 is 2.55 bits per heavy atom. The van der Waals surface area contributed by atoms with Crippen LogP contribution in [0.5, 0.6) is 5.75 Å². The third-order valence-corrected chi connectivity index (χ3v) is 3.60. The van der Waals surface area contributed by atoms with Crippen LogP contribution in [0.2, 0.25) is 0 Å². The highest BCUT2D eigenvalue weighted by Crippen LogP contribution is 2.23. The number of hydrogen-bond donors (Lipinski definition) is 1. The maximum atomic E-state index is 12.0. The van der Waals surface area contributed by atoms with E-state index >= 15 is 0 Å². The van der Waals surface area contributed by atoms with E-state index in [1.54, 1.807) is 12.1 Å². The Labute approximate surface area is 117 Å². The van der Waals surface area contributed by atoms with Crippen molar-refractivity contribution in [3.8, 4) is 5.75 Å². The largest absolute Gasteiger partial charge is 0.573 e. The molecule has 0 aromatic heterocycles. The van der Waals surface area contributed by atoms with Gasteiger partial charge in [0.15, 0.2) is 0 Å². The van der Waals surface area contributed by atoms with Crippen LogP contribution in [-0.2, 0) is 6.42 Å². The number of aryl methyl sites for hydroxylation is 1. The molecule has 2 rings (SSSR count). The molecule has 1 atom stereocenters. The summed E-state index contributed by atoms with van der Waals surface area (Å²) in [6.45, 7) is 1.07. The molecule has 0 radical (unpaired) electrons. The number of rotatable bonds is 4. The van der Waals surface area contributed by atoms with Crippen molar-refractivity contribution in [1.82, 2.24) is 5.32 Å². The number of halogens is 3. The van der Waals surface area contributed by atoms with Crippen LogP contribution < -0.4 is 10.1 Å². The molecule has 0 bridgehead atoms. The summed E-state index contributed by atoms with van der Waals surface area (Å²) in [6, 6.07) is 6.70. The quantitative estimate of drug-likeness (QED) is 0.902. The molecule has 0 aliphatic carbocycles. The fourth-order valence-electron chi connectivity index (χ4n) is 2.55. The second-order valence-electron chi connectivity index (χ2n) is 5.23. The molecule has 1 unspecified atom stereocenters. The van der Waals surface area contributed by atoms with Crippen molar-refractivity contribution < 1.29 is 17.9 Å². The lowest BCUT2D eigenvalue weighted by atomic mass is 10.0. The summed E-state index contributed by atoms with van der Waals surface area (Å²) < 4.78 is 40.0. The first-order valence-corrected chi connectivity index (χ1v) is 7.11. The average Bonchev–Trinajstić information content (AvgIpc) is 2.65. The van der Waals surface area contributed by atoms with Gasteiger partial charge in [-0.3, -0.25) is 0 Å². The molecule has 1 N–H and O–H groups in total. The first-order valence-electron chi connectivity index (χ1n) is 7.11. The van der Waals surface area contributed by atoms with Crippen LogP contribution in [0.1, 0.15) is 37.7 Å². The summed E-state index contributed by atoms with van der Waals surface area (Å²) >= 11 is 0. The molecule has 112 valence electrons. The van der Waals surface area contributed by atoms with Crippen molar-refractivity contribution in [3.63, 3.8) is 0 Å². The van der Waals surface area contributed by atoms with Gasteiger partial charge in [0, 0.05) is 6.04 Å². The fraction of sp³-hybridized carbons (Fsp3) is 0.600. The van der Waals surface area contributed by atoms with E-state index < -0.39 is 6.36 Å². The van der Waals surface area contributed by atoms with Gasteiger partial charge in [-0.25, -0.2) is 0 Å². The molecule has 1 aliphatic heterocycles. The summed E-state index contributed by atoms with van der Waals surface area (Å²) in [7, 11) is 0. The van der Waals surface area contributed by atoms with Crippen LogP contribution in [0.25, 0.3) is 0 Å². The van der Waals surface area contributed by atoms with Crippen LogP contribution >= 0.6 is 0 Å². The normalized spacial score (nSPS) is 20.4. The van der Waals surface area contributed by atoms with E-state index in [2.05, 4.69) is 10.1 Å². The number of nitrogens with one attached hydrogen (secondary N) is 1. The van der Waals surface area contributed by atoms with Crippen molar-refractivity contribution in [2.24, 2.45) is 0 Å². The molecule has 0 saturated carbocycles. The van der Waals surface area contributed by atoms with E-state index in [-0.39, 0.29) is 5.75 Å². The van der Waals surface area contributed by atoms with E-state index in [0.29, 0.717) is 6.04 Å². The standard InChI is InChI=1S/C15H20F3NO/c16-15(17,18)20-14-9-6-12(7-10-14)5-8-13-4-2-1-3-11-19-13/h6-7,9-10,13,19H,1-5,8,11H2. The minimum atomic E-state index is -4.62. The van der Waals surface area contributed by atoms with Crippen LogP contribution in [0.15, 0.2) is 24.3 Å². The van der Waals surface area contributed by atoms with Gasteiger partial charge in [0.1, 0.15) is 5.75 Å². The molecule has 1 heterocycles. The molecule has 20 heavy (non-hydrogen) atoms. The minimum Gasteiger partial charge on any atom is -0.406 e. The van der Waals surface area contributed by atoms with E-state index in [0.717, 1.165) is 24.9 Å². The third kappa shape index (κ3) is 5.41. The molecule has 1 aromatic carbocycles. The molecular weight excluding hydrogens is 267 g/mol. The van der Waals surface area contributed by atoms with Gasteiger partial charge in [-0.05, 0) is 49.9 Å². The summed E-state index contributed by atoms with van der Waals surface area (Å²) in [5.41, 5.74) is 1.05. The number of hydrogen-bond acceptors (Lipinski definition) is 2. The smallest absolute Gasteiger partial charge is 0.406 e. The van der Waals surface area contributed by atoms with Gasteiger partial charge >= 0.3 is 6.36 Å². The Morgan fingerprint density at radius 1 is 1.10 bits per heavy atom. The third-order valence-electron chi connectivity index (χ3n) is 3.60. The molecule has 1 aromatic rings. The zero-order valence-corrected chi connectivity index (χ0v) is 11.4. The SMILES string of the molecule is FC(F)(F)Oc1ccc(CCC2CCCCCN2)cc1. The van der Waals surface area contributed by atoms with Gasteiger partial charge in [-0.2, -0.15) is 0 Å². The topological polar surface area (TPSA) is 21.3 Å². The second kappa shape index (κ2) is 6.97. The van der Waals surface area contributed by atoms with E-state index in [1.807, 2.05) is 0 Å². The van der Waals surface area contributed by atoms with Gasteiger partial charge in [0.25, 0.3) is 0 Å². The highest BCUT2D eigenvalue weighted by molar-refractivity contribution is 5.27. The summed E-state index contributed by atoms with van der Waals surface area (Å²) in [4.78, 5) is 0. The monoisotopic (exact) mass is 287 g/mol. The van der Waals surface area contributed by atoms with E-state index in [1.165, 1.54) is 37.8 Å².